The van der Waals surface area contributed by atoms with E-state index >= 15 is 0 Å². The first-order valence-corrected chi connectivity index (χ1v) is 9.96. The van der Waals surface area contributed by atoms with Gasteiger partial charge in [0.1, 0.15) is 0 Å². The minimum absolute atomic E-state index is 0.205. The molecule has 0 bridgehead atoms. The smallest absolute Gasteiger partial charge is 0.264 e. The first kappa shape index (κ1) is 20.3. The summed E-state index contributed by atoms with van der Waals surface area (Å²) in [5, 5.41) is 0.807. The van der Waals surface area contributed by atoms with E-state index in [2.05, 4.69) is 15.0 Å². The van der Waals surface area contributed by atoms with Gasteiger partial charge in [0.15, 0.2) is 5.65 Å². The number of hydrogen-bond acceptors (Lipinski definition) is 6. The van der Waals surface area contributed by atoms with Crippen molar-refractivity contribution < 1.29 is 4.74 Å². The van der Waals surface area contributed by atoms with Crippen LogP contribution in [-0.4, -0.2) is 34.4 Å². The summed E-state index contributed by atoms with van der Waals surface area (Å²) in [5.41, 5.74) is 10.5. The predicted octanol–water partition coefficient (Wildman–Crippen LogP) is 3.79. The summed E-state index contributed by atoms with van der Waals surface area (Å²) in [4.78, 5) is 26.7. The standard InChI is InChI=1S/C24H23N5O2/c1-4-31-22-10-7-17-12-20(16-6-9-21(25)18(11-16)13-26-3)24(30)29(23(17)28-22)19-8-5-15(2)27-14-19/h5-14H,4,25H2,1-3H3. The van der Waals surface area contributed by atoms with Crippen molar-refractivity contribution in [3.63, 3.8) is 0 Å². The summed E-state index contributed by atoms with van der Waals surface area (Å²) < 4.78 is 7.14. The maximum absolute atomic E-state index is 13.7. The number of aliphatic imine (C=N–C) groups is 1. The Morgan fingerprint density at radius 1 is 1.16 bits per heavy atom. The molecule has 0 saturated heterocycles. The molecule has 0 atom stereocenters. The Hall–Kier alpha value is -4.00. The highest BCUT2D eigenvalue weighted by Crippen LogP contribution is 2.26. The van der Waals surface area contributed by atoms with E-state index in [-0.39, 0.29) is 5.56 Å². The predicted molar refractivity (Wildman–Crippen MR) is 124 cm³/mol. The third-order valence-electron chi connectivity index (χ3n) is 4.94. The van der Waals surface area contributed by atoms with E-state index in [1.165, 1.54) is 0 Å². The molecule has 2 N–H and O–H groups in total. The number of nitrogen functional groups attached to an aromatic ring is 1. The first-order chi connectivity index (χ1) is 15.0. The number of nitrogens with two attached hydrogens (primary N) is 1. The molecule has 0 aliphatic carbocycles. The van der Waals surface area contributed by atoms with Crippen LogP contribution in [0.4, 0.5) is 5.69 Å². The van der Waals surface area contributed by atoms with Crippen molar-refractivity contribution in [2.24, 2.45) is 4.99 Å². The molecule has 4 aromatic rings. The lowest BCUT2D eigenvalue weighted by molar-refractivity contribution is 0.328. The summed E-state index contributed by atoms with van der Waals surface area (Å²) in [7, 11) is 1.68. The third kappa shape index (κ3) is 3.90. The van der Waals surface area contributed by atoms with Crippen LogP contribution in [0.5, 0.6) is 5.88 Å². The van der Waals surface area contributed by atoms with Gasteiger partial charge in [-0.15, -0.1) is 0 Å². The zero-order valence-corrected chi connectivity index (χ0v) is 17.7. The molecule has 3 aromatic heterocycles. The molecular formula is C24H23N5O2. The monoisotopic (exact) mass is 413 g/mol. The van der Waals surface area contributed by atoms with E-state index in [0.717, 1.165) is 22.2 Å². The number of hydrogen-bond donors (Lipinski definition) is 1. The molecule has 7 nitrogen and oxygen atoms in total. The van der Waals surface area contributed by atoms with E-state index in [0.29, 0.717) is 35.1 Å². The van der Waals surface area contributed by atoms with Gasteiger partial charge in [-0.3, -0.25) is 19.3 Å². The van der Waals surface area contributed by atoms with E-state index in [9.17, 15) is 4.79 Å². The van der Waals surface area contributed by atoms with Crippen molar-refractivity contribution in [3.05, 3.63) is 76.3 Å². The zero-order valence-electron chi connectivity index (χ0n) is 17.7. The van der Waals surface area contributed by atoms with Crippen LogP contribution in [0.1, 0.15) is 18.2 Å². The van der Waals surface area contributed by atoms with Gasteiger partial charge in [-0.25, -0.2) is 0 Å². The second-order valence-electron chi connectivity index (χ2n) is 7.08. The molecule has 7 heteroatoms. The molecule has 0 amide bonds. The molecule has 0 fully saturated rings. The fourth-order valence-electron chi connectivity index (χ4n) is 3.43. The number of aromatic nitrogens is 3. The van der Waals surface area contributed by atoms with Crippen LogP contribution in [0.15, 0.2) is 64.5 Å². The third-order valence-corrected chi connectivity index (χ3v) is 4.94. The van der Waals surface area contributed by atoms with Crippen molar-refractivity contribution in [2.75, 3.05) is 19.4 Å². The fourth-order valence-corrected chi connectivity index (χ4v) is 3.43. The van der Waals surface area contributed by atoms with Gasteiger partial charge < -0.3 is 10.5 Å². The fraction of sp³-hybridized carbons (Fsp3) is 0.167. The van der Waals surface area contributed by atoms with E-state index < -0.39 is 0 Å². The quantitative estimate of drug-likeness (QED) is 0.397. The topological polar surface area (TPSA) is 95.4 Å². The van der Waals surface area contributed by atoms with E-state index in [1.807, 2.05) is 50.2 Å². The summed E-state index contributed by atoms with van der Waals surface area (Å²) in [6.07, 6.45) is 3.35. The van der Waals surface area contributed by atoms with E-state index in [1.54, 1.807) is 36.2 Å². The number of aryl methyl sites for hydroxylation is 1. The molecule has 3 heterocycles. The molecule has 0 saturated carbocycles. The van der Waals surface area contributed by atoms with Crippen LogP contribution in [0.25, 0.3) is 27.8 Å². The Balaban J connectivity index is 2.03. The number of anilines is 1. The van der Waals surface area contributed by atoms with Gasteiger partial charge in [-0.05, 0) is 55.8 Å². The molecular weight excluding hydrogens is 390 g/mol. The summed E-state index contributed by atoms with van der Waals surface area (Å²) in [5.74, 6) is 0.463. The van der Waals surface area contributed by atoms with Gasteiger partial charge in [0.05, 0.1) is 18.5 Å². The average molecular weight is 413 g/mol. The molecule has 0 aliphatic heterocycles. The van der Waals surface area contributed by atoms with Gasteiger partial charge >= 0.3 is 0 Å². The highest BCUT2D eigenvalue weighted by Gasteiger charge is 2.15. The zero-order chi connectivity index (χ0) is 22.0. The molecule has 0 spiro atoms. The van der Waals surface area contributed by atoms with Crippen molar-refractivity contribution in [1.29, 1.82) is 0 Å². The first-order valence-electron chi connectivity index (χ1n) is 9.96. The van der Waals surface area contributed by atoms with Crippen LogP contribution < -0.4 is 16.0 Å². The van der Waals surface area contributed by atoms with Crippen molar-refractivity contribution >= 4 is 22.9 Å². The SMILES string of the molecule is CCOc1ccc2cc(-c3ccc(N)c(C=NC)c3)c(=O)n(-c3ccc(C)nc3)c2n1. The lowest BCUT2D eigenvalue weighted by Gasteiger charge is -2.14. The Labute approximate surface area is 179 Å². The Morgan fingerprint density at radius 2 is 2.00 bits per heavy atom. The number of rotatable bonds is 5. The minimum atomic E-state index is -0.205. The molecule has 156 valence electrons. The van der Waals surface area contributed by atoms with Crippen molar-refractivity contribution in [2.45, 2.75) is 13.8 Å². The van der Waals surface area contributed by atoms with Crippen LogP contribution in [0, 0.1) is 6.92 Å². The summed E-state index contributed by atoms with van der Waals surface area (Å²) >= 11 is 0. The largest absolute Gasteiger partial charge is 0.478 e. The number of fused-ring (bicyclic) bond motifs is 1. The lowest BCUT2D eigenvalue weighted by atomic mass is 10.0. The van der Waals surface area contributed by atoms with Gasteiger partial charge in [0.25, 0.3) is 5.56 Å². The van der Waals surface area contributed by atoms with Crippen LogP contribution in [0.3, 0.4) is 0 Å². The molecule has 31 heavy (non-hydrogen) atoms. The number of nitrogens with zero attached hydrogens (tertiary/aromatic N) is 4. The number of pyridine rings is 3. The molecule has 1 aromatic carbocycles. The normalized spacial score (nSPS) is 11.3. The van der Waals surface area contributed by atoms with Gasteiger partial charge in [-0.2, -0.15) is 4.98 Å². The highest BCUT2D eigenvalue weighted by atomic mass is 16.5. The Morgan fingerprint density at radius 3 is 2.71 bits per heavy atom. The Kier molecular flexibility index (Phi) is 5.49. The van der Waals surface area contributed by atoms with Gasteiger partial charge in [-0.1, -0.05) is 6.07 Å². The van der Waals surface area contributed by atoms with Crippen molar-refractivity contribution in [1.82, 2.24) is 14.5 Å². The Bertz CT molecular complexity index is 1340. The molecule has 4 rings (SSSR count). The molecule has 0 unspecified atom stereocenters. The molecule has 0 radical (unpaired) electrons. The van der Waals surface area contributed by atoms with Crippen molar-refractivity contribution in [3.8, 4) is 22.7 Å². The summed E-state index contributed by atoms with van der Waals surface area (Å²) in [6, 6.07) is 14.8. The van der Waals surface area contributed by atoms with Gasteiger partial charge in [0.2, 0.25) is 5.88 Å². The minimum Gasteiger partial charge on any atom is -0.478 e. The lowest BCUT2D eigenvalue weighted by Crippen LogP contribution is -2.21. The second kappa shape index (κ2) is 8.39. The summed E-state index contributed by atoms with van der Waals surface area (Å²) in [6.45, 7) is 4.28. The second-order valence-corrected chi connectivity index (χ2v) is 7.08. The highest BCUT2D eigenvalue weighted by molar-refractivity contribution is 5.90. The maximum Gasteiger partial charge on any atom is 0.264 e. The van der Waals surface area contributed by atoms with Gasteiger partial charge in [0, 0.05) is 47.2 Å². The van der Waals surface area contributed by atoms with Crippen LogP contribution in [0.2, 0.25) is 0 Å². The molecule has 0 aliphatic rings. The average Bonchev–Trinajstić information content (AvgIpc) is 2.76. The number of benzene rings is 1. The maximum atomic E-state index is 13.7. The van der Waals surface area contributed by atoms with Crippen LogP contribution in [-0.2, 0) is 0 Å². The van der Waals surface area contributed by atoms with Crippen LogP contribution >= 0.6 is 0 Å². The number of ether oxygens (including phenoxy) is 1. The van der Waals surface area contributed by atoms with E-state index in [4.69, 9.17) is 10.5 Å².